The summed E-state index contributed by atoms with van der Waals surface area (Å²) in [5.74, 6) is 1.54. The Morgan fingerprint density at radius 2 is 1.75 bits per heavy atom. The van der Waals surface area contributed by atoms with Crippen LogP contribution in [0.5, 0.6) is 5.75 Å². The van der Waals surface area contributed by atoms with E-state index in [1.54, 1.807) is 7.05 Å². The Labute approximate surface area is 167 Å². The Morgan fingerprint density at radius 1 is 1.04 bits per heavy atom. The molecule has 1 amide bonds. The van der Waals surface area contributed by atoms with E-state index in [4.69, 9.17) is 4.74 Å². The monoisotopic (exact) mass is 382 g/mol. The third-order valence-electron chi connectivity index (χ3n) is 4.18. The second kappa shape index (κ2) is 11.6. The largest absolute Gasteiger partial charge is 0.489 e. The van der Waals surface area contributed by atoms with Crippen LogP contribution in [0.3, 0.4) is 0 Å². The van der Waals surface area contributed by atoms with Gasteiger partial charge in [0.2, 0.25) is 5.91 Å². The Kier molecular flexibility index (Phi) is 8.85. The molecule has 0 aliphatic heterocycles. The fraction of sp³-hybridized carbons (Fsp3) is 0.364. The van der Waals surface area contributed by atoms with Crippen LogP contribution in [0, 0.1) is 6.92 Å². The van der Waals surface area contributed by atoms with Crippen molar-refractivity contribution in [1.82, 2.24) is 16.0 Å². The van der Waals surface area contributed by atoms with Gasteiger partial charge in [0, 0.05) is 26.6 Å². The van der Waals surface area contributed by atoms with Crippen molar-refractivity contribution in [2.45, 2.75) is 32.9 Å². The average molecular weight is 383 g/mol. The van der Waals surface area contributed by atoms with Gasteiger partial charge in [0.1, 0.15) is 11.9 Å². The molecule has 0 aliphatic rings. The number of benzene rings is 2. The number of para-hydroxylation sites is 1. The quantitative estimate of drug-likeness (QED) is 0.460. The number of carbonyl (C=O) groups is 1. The molecule has 150 valence electrons. The summed E-state index contributed by atoms with van der Waals surface area (Å²) in [7, 11) is 1.71. The number of nitrogens with zero attached hydrogens (tertiary/aromatic N) is 1. The first-order valence-corrected chi connectivity index (χ1v) is 9.56. The van der Waals surface area contributed by atoms with E-state index in [9.17, 15) is 4.79 Å². The molecule has 0 aromatic heterocycles. The fourth-order valence-electron chi connectivity index (χ4n) is 2.59. The van der Waals surface area contributed by atoms with E-state index in [1.165, 1.54) is 0 Å². The maximum Gasteiger partial charge on any atom is 0.222 e. The lowest BCUT2D eigenvalue weighted by Crippen LogP contribution is -2.42. The molecule has 2 aromatic carbocycles. The second-order valence-corrected chi connectivity index (χ2v) is 6.59. The van der Waals surface area contributed by atoms with Crippen molar-refractivity contribution in [3.05, 3.63) is 65.7 Å². The number of amides is 1. The maximum atomic E-state index is 12.0. The van der Waals surface area contributed by atoms with Gasteiger partial charge in [-0.15, -0.1) is 0 Å². The number of aliphatic imine (C=N–C) groups is 1. The van der Waals surface area contributed by atoms with E-state index in [-0.39, 0.29) is 12.0 Å². The van der Waals surface area contributed by atoms with Crippen molar-refractivity contribution in [2.24, 2.45) is 4.99 Å². The molecule has 6 heteroatoms. The van der Waals surface area contributed by atoms with Crippen molar-refractivity contribution in [2.75, 3.05) is 20.1 Å². The molecule has 2 aromatic rings. The highest BCUT2D eigenvalue weighted by molar-refractivity contribution is 5.81. The molecular weight excluding hydrogens is 352 g/mol. The number of ether oxygens (including phenoxy) is 1. The molecular formula is C22H30N4O2. The van der Waals surface area contributed by atoms with Crippen LogP contribution in [0.4, 0.5) is 0 Å². The Balaban J connectivity index is 1.64. The van der Waals surface area contributed by atoms with Gasteiger partial charge in [0.05, 0.1) is 6.54 Å². The smallest absolute Gasteiger partial charge is 0.222 e. The molecule has 0 heterocycles. The van der Waals surface area contributed by atoms with Crippen LogP contribution in [0.1, 0.15) is 24.5 Å². The molecule has 2 rings (SSSR count). The zero-order valence-electron chi connectivity index (χ0n) is 16.9. The number of aryl methyl sites for hydroxylation is 1. The topological polar surface area (TPSA) is 74.8 Å². The van der Waals surface area contributed by atoms with E-state index < -0.39 is 0 Å². The SMILES string of the molecule is CN=C(NCCC(=O)NCc1ccccc1)NCC(C)Oc1ccccc1C. The first-order valence-electron chi connectivity index (χ1n) is 9.56. The molecule has 0 aliphatic carbocycles. The van der Waals surface area contributed by atoms with E-state index >= 15 is 0 Å². The lowest BCUT2D eigenvalue weighted by atomic mass is 10.2. The van der Waals surface area contributed by atoms with E-state index in [2.05, 4.69) is 20.9 Å². The minimum Gasteiger partial charge on any atom is -0.489 e. The number of nitrogens with one attached hydrogen (secondary N) is 3. The van der Waals surface area contributed by atoms with Crippen molar-refractivity contribution in [1.29, 1.82) is 0 Å². The number of hydrogen-bond donors (Lipinski definition) is 3. The molecule has 0 radical (unpaired) electrons. The van der Waals surface area contributed by atoms with Crippen molar-refractivity contribution in [3.63, 3.8) is 0 Å². The van der Waals surface area contributed by atoms with Crippen LogP contribution in [0.2, 0.25) is 0 Å². The number of rotatable bonds is 9. The normalized spacial score (nSPS) is 12.2. The first-order chi connectivity index (χ1) is 13.6. The Bertz CT molecular complexity index is 762. The van der Waals surface area contributed by atoms with E-state index in [0.717, 1.165) is 16.9 Å². The van der Waals surface area contributed by atoms with Crippen molar-refractivity contribution in [3.8, 4) is 5.75 Å². The summed E-state index contributed by atoms with van der Waals surface area (Å²) in [6, 6.07) is 17.8. The summed E-state index contributed by atoms with van der Waals surface area (Å²) in [5.41, 5.74) is 2.20. The van der Waals surface area contributed by atoms with Crippen LogP contribution in [-0.2, 0) is 11.3 Å². The van der Waals surface area contributed by atoms with Crippen LogP contribution in [-0.4, -0.2) is 38.1 Å². The summed E-state index contributed by atoms with van der Waals surface area (Å²) in [5, 5.41) is 9.29. The molecule has 1 atom stereocenters. The third kappa shape index (κ3) is 7.70. The third-order valence-corrected chi connectivity index (χ3v) is 4.18. The molecule has 3 N–H and O–H groups in total. The Morgan fingerprint density at radius 3 is 2.46 bits per heavy atom. The maximum absolute atomic E-state index is 12.0. The highest BCUT2D eigenvalue weighted by Crippen LogP contribution is 2.17. The molecule has 0 spiro atoms. The van der Waals surface area contributed by atoms with E-state index in [1.807, 2.05) is 68.4 Å². The number of hydrogen-bond acceptors (Lipinski definition) is 3. The molecule has 28 heavy (non-hydrogen) atoms. The van der Waals surface area contributed by atoms with Gasteiger partial charge in [-0.1, -0.05) is 48.5 Å². The zero-order chi connectivity index (χ0) is 20.2. The summed E-state index contributed by atoms with van der Waals surface area (Å²) < 4.78 is 5.95. The molecule has 1 unspecified atom stereocenters. The zero-order valence-corrected chi connectivity index (χ0v) is 16.9. The number of guanidine groups is 1. The van der Waals surface area contributed by atoms with Crippen LogP contribution < -0.4 is 20.7 Å². The van der Waals surface area contributed by atoms with Gasteiger partial charge in [-0.05, 0) is 31.0 Å². The lowest BCUT2D eigenvalue weighted by Gasteiger charge is -2.18. The summed E-state index contributed by atoms with van der Waals surface area (Å²) in [6.45, 7) is 5.69. The standard InChI is InChI=1S/C22H30N4O2/c1-17-9-7-8-12-20(17)28-18(2)15-26-22(23-3)24-14-13-21(27)25-16-19-10-5-4-6-11-19/h4-12,18H,13-16H2,1-3H3,(H,25,27)(H2,23,24,26). The molecule has 0 saturated heterocycles. The van der Waals surface area contributed by atoms with Crippen LogP contribution >= 0.6 is 0 Å². The number of carbonyl (C=O) groups excluding carboxylic acids is 1. The highest BCUT2D eigenvalue weighted by Gasteiger charge is 2.08. The van der Waals surface area contributed by atoms with Gasteiger partial charge in [0.15, 0.2) is 5.96 Å². The minimum atomic E-state index is -0.0196. The van der Waals surface area contributed by atoms with Crippen molar-refractivity contribution < 1.29 is 9.53 Å². The molecule has 6 nitrogen and oxygen atoms in total. The minimum absolute atomic E-state index is 0.00283. The predicted octanol–water partition coefficient (Wildman–Crippen LogP) is 2.63. The summed E-state index contributed by atoms with van der Waals surface area (Å²) in [4.78, 5) is 16.1. The summed E-state index contributed by atoms with van der Waals surface area (Å²) in [6.07, 6.45) is 0.358. The Hall–Kier alpha value is -3.02. The van der Waals surface area contributed by atoms with Gasteiger partial charge in [0.25, 0.3) is 0 Å². The molecule has 0 fully saturated rings. The highest BCUT2D eigenvalue weighted by atomic mass is 16.5. The van der Waals surface area contributed by atoms with E-state index in [0.29, 0.717) is 32.0 Å². The molecule has 0 saturated carbocycles. The van der Waals surface area contributed by atoms with Crippen LogP contribution in [0.15, 0.2) is 59.6 Å². The summed E-state index contributed by atoms with van der Waals surface area (Å²) >= 11 is 0. The van der Waals surface area contributed by atoms with Gasteiger partial charge in [-0.2, -0.15) is 0 Å². The van der Waals surface area contributed by atoms with Crippen molar-refractivity contribution >= 4 is 11.9 Å². The van der Waals surface area contributed by atoms with Gasteiger partial charge < -0.3 is 20.7 Å². The van der Waals surface area contributed by atoms with Crippen LogP contribution in [0.25, 0.3) is 0 Å². The predicted molar refractivity (Wildman–Crippen MR) is 114 cm³/mol. The lowest BCUT2D eigenvalue weighted by molar-refractivity contribution is -0.121. The van der Waals surface area contributed by atoms with Gasteiger partial charge in [-0.3, -0.25) is 9.79 Å². The second-order valence-electron chi connectivity index (χ2n) is 6.59. The van der Waals surface area contributed by atoms with Gasteiger partial charge in [-0.25, -0.2) is 0 Å². The average Bonchev–Trinajstić information content (AvgIpc) is 2.71. The fourth-order valence-corrected chi connectivity index (χ4v) is 2.59. The first kappa shape index (κ1) is 21.3. The molecule has 0 bridgehead atoms. The van der Waals surface area contributed by atoms with Gasteiger partial charge >= 0.3 is 0 Å².